The van der Waals surface area contributed by atoms with Crippen molar-refractivity contribution in [1.82, 2.24) is 4.90 Å². The van der Waals surface area contributed by atoms with E-state index >= 15 is 0 Å². The number of anilines is 1. The average Bonchev–Trinajstić information content (AvgIpc) is 3.10. The Balaban J connectivity index is 2.08. The lowest BCUT2D eigenvalue weighted by atomic mass is 10.0. The van der Waals surface area contributed by atoms with E-state index in [2.05, 4.69) is 0 Å². The van der Waals surface area contributed by atoms with Gasteiger partial charge in [0.15, 0.2) is 0 Å². The van der Waals surface area contributed by atoms with E-state index in [4.69, 9.17) is 18.9 Å². The van der Waals surface area contributed by atoms with Gasteiger partial charge in [-0.15, -0.1) is 0 Å². The van der Waals surface area contributed by atoms with Crippen molar-refractivity contribution in [3.8, 4) is 11.5 Å². The predicted molar refractivity (Wildman–Crippen MR) is 125 cm³/mol. The molecule has 0 N–H and O–H groups in total. The third kappa shape index (κ3) is 5.35. The molecule has 2 aromatic rings. The van der Waals surface area contributed by atoms with Crippen molar-refractivity contribution in [1.29, 1.82) is 0 Å². The fourth-order valence-corrected chi connectivity index (χ4v) is 3.66. The largest absolute Gasteiger partial charge is 0.497 e. The molecule has 0 spiro atoms. The minimum atomic E-state index is -0.388. The van der Waals surface area contributed by atoms with Crippen molar-refractivity contribution in [2.75, 3.05) is 59.1 Å². The van der Waals surface area contributed by atoms with Gasteiger partial charge in [-0.25, -0.2) is 4.90 Å². The molecule has 0 saturated heterocycles. The summed E-state index contributed by atoms with van der Waals surface area (Å²) in [4.78, 5) is 30.4. The highest BCUT2D eigenvalue weighted by atomic mass is 16.5. The smallest absolute Gasteiger partial charge is 0.282 e. The van der Waals surface area contributed by atoms with Crippen molar-refractivity contribution >= 4 is 23.1 Å². The maximum absolute atomic E-state index is 13.7. The first-order chi connectivity index (χ1) is 16.0. The minimum Gasteiger partial charge on any atom is -0.497 e. The second-order valence-corrected chi connectivity index (χ2v) is 7.30. The van der Waals surface area contributed by atoms with E-state index in [9.17, 15) is 9.59 Å². The molecule has 8 heteroatoms. The zero-order valence-corrected chi connectivity index (χ0v) is 19.5. The van der Waals surface area contributed by atoms with Crippen molar-refractivity contribution < 1.29 is 28.5 Å². The van der Waals surface area contributed by atoms with Gasteiger partial charge in [0, 0.05) is 27.3 Å². The monoisotopic (exact) mass is 454 g/mol. The first-order valence-corrected chi connectivity index (χ1v) is 10.8. The lowest BCUT2D eigenvalue weighted by Gasteiger charge is -2.25. The first-order valence-electron chi connectivity index (χ1n) is 10.8. The Bertz CT molecular complexity index is 977. The van der Waals surface area contributed by atoms with E-state index in [1.165, 1.54) is 4.90 Å². The second kappa shape index (κ2) is 11.5. The van der Waals surface area contributed by atoms with Gasteiger partial charge >= 0.3 is 0 Å². The Hall–Kier alpha value is -3.36. The number of hydrogen-bond acceptors (Lipinski definition) is 7. The molecule has 2 aromatic carbocycles. The third-order valence-corrected chi connectivity index (χ3v) is 5.29. The molecule has 8 nitrogen and oxygen atoms in total. The normalized spacial score (nSPS) is 13.6. The molecule has 0 atom stereocenters. The van der Waals surface area contributed by atoms with Crippen molar-refractivity contribution in [3.63, 3.8) is 0 Å². The Morgan fingerprint density at radius 2 is 1.36 bits per heavy atom. The van der Waals surface area contributed by atoms with Gasteiger partial charge in [0.2, 0.25) is 0 Å². The molecule has 0 aliphatic carbocycles. The number of nitrogens with zero attached hydrogens (tertiary/aromatic N) is 2. The molecule has 1 aliphatic heterocycles. The van der Waals surface area contributed by atoms with Crippen molar-refractivity contribution in [2.24, 2.45) is 0 Å². The van der Waals surface area contributed by atoms with Gasteiger partial charge in [0.05, 0.1) is 38.2 Å². The number of methoxy groups -OCH3 is 3. The van der Waals surface area contributed by atoms with Crippen LogP contribution in [0, 0.1) is 0 Å². The number of carbonyl (C=O) groups is 2. The van der Waals surface area contributed by atoms with Crippen LogP contribution in [0.25, 0.3) is 5.57 Å². The molecule has 1 heterocycles. The SMILES string of the molecule is CCOc1ccc(C2=C(N(CCOC)CCOC)C(=O)N(c3ccc(OC)cc3)C2=O)cc1. The molecule has 176 valence electrons. The van der Waals surface area contributed by atoms with Gasteiger partial charge in [-0.3, -0.25) is 9.59 Å². The number of amides is 2. The number of imide groups is 1. The van der Waals surface area contributed by atoms with Crippen LogP contribution in [0.4, 0.5) is 5.69 Å². The number of rotatable bonds is 12. The van der Waals surface area contributed by atoms with Gasteiger partial charge < -0.3 is 23.8 Å². The van der Waals surface area contributed by atoms with Crippen LogP contribution in [0.5, 0.6) is 11.5 Å². The van der Waals surface area contributed by atoms with Crippen LogP contribution in [0.1, 0.15) is 12.5 Å². The topological polar surface area (TPSA) is 77.5 Å². The predicted octanol–water partition coefficient (Wildman–Crippen LogP) is 2.97. The fraction of sp³-hybridized carbons (Fsp3) is 0.360. The maximum atomic E-state index is 13.7. The summed E-state index contributed by atoms with van der Waals surface area (Å²) in [6, 6.07) is 14.0. The molecule has 0 fully saturated rings. The van der Waals surface area contributed by atoms with Gasteiger partial charge in [-0.1, -0.05) is 12.1 Å². The van der Waals surface area contributed by atoms with Crippen LogP contribution < -0.4 is 14.4 Å². The number of hydrogen-bond donors (Lipinski definition) is 0. The Morgan fingerprint density at radius 3 is 1.88 bits per heavy atom. The van der Waals surface area contributed by atoms with E-state index in [1.807, 2.05) is 11.8 Å². The van der Waals surface area contributed by atoms with Gasteiger partial charge in [-0.05, 0) is 48.9 Å². The van der Waals surface area contributed by atoms with Crippen LogP contribution in [0.3, 0.4) is 0 Å². The summed E-state index contributed by atoms with van der Waals surface area (Å²) in [6.45, 7) is 4.11. The average molecular weight is 455 g/mol. The van der Waals surface area contributed by atoms with E-state index in [1.54, 1.807) is 69.9 Å². The zero-order valence-electron chi connectivity index (χ0n) is 19.5. The molecule has 0 unspecified atom stereocenters. The molecule has 0 bridgehead atoms. The summed E-state index contributed by atoms with van der Waals surface area (Å²) in [6.07, 6.45) is 0. The summed E-state index contributed by atoms with van der Waals surface area (Å²) in [5.41, 5.74) is 1.78. The van der Waals surface area contributed by atoms with E-state index in [0.29, 0.717) is 66.9 Å². The van der Waals surface area contributed by atoms with Gasteiger partial charge in [0.1, 0.15) is 17.2 Å². The zero-order chi connectivity index (χ0) is 23.8. The number of carbonyl (C=O) groups excluding carboxylic acids is 2. The first kappa shape index (κ1) is 24.3. The number of benzene rings is 2. The molecule has 3 rings (SSSR count). The maximum Gasteiger partial charge on any atom is 0.282 e. The van der Waals surface area contributed by atoms with Crippen LogP contribution in [0.2, 0.25) is 0 Å². The summed E-state index contributed by atoms with van der Waals surface area (Å²) in [5.74, 6) is 0.563. The lowest BCUT2D eigenvalue weighted by Crippen LogP contribution is -2.37. The molecule has 0 saturated carbocycles. The summed E-state index contributed by atoms with van der Waals surface area (Å²) in [7, 11) is 4.76. The standard InChI is InChI=1S/C25H30N2O6/c1-5-33-21-10-6-18(7-11-21)22-23(26(14-16-30-2)15-17-31-3)25(29)27(24(22)28)19-8-12-20(32-4)13-9-19/h6-13H,5,14-17H2,1-4H3. The highest BCUT2D eigenvalue weighted by molar-refractivity contribution is 6.45. The minimum absolute atomic E-state index is 0.328. The van der Waals surface area contributed by atoms with E-state index in [0.717, 1.165) is 0 Å². The second-order valence-electron chi connectivity index (χ2n) is 7.30. The van der Waals surface area contributed by atoms with Crippen LogP contribution in [-0.4, -0.2) is 71.0 Å². The summed E-state index contributed by atoms with van der Waals surface area (Å²) >= 11 is 0. The molecule has 0 radical (unpaired) electrons. The van der Waals surface area contributed by atoms with Gasteiger partial charge in [-0.2, -0.15) is 0 Å². The quantitative estimate of drug-likeness (QED) is 0.456. The molecule has 0 aromatic heterocycles. The highest BCUT2D eigenvalue weighted by Crippen LogP contribution is 2.35. The molecular formula is C25H30N2O6. The van der Waals surface area contributed by atoms with Crippen LogP contribution in [0.15, 0.2) is 54.2 Å². The van der Waals surface area contributed by atoms with Crippen LogP contribution in [-0.2, 0) is 19.1 Å². The Morgan fingerprint density at radius 1 is 0.788 bits per heavy atom. The number of ether oxygens (including phenoxy) is 4. The van der Waals surface area contributed by atoms with Gasteiger partial charge in [0.25, 0.3) is 11.8 Å². The molecule has 33 heavy (non-hydrogen) atoms. The fourth-order valence-electron chi connectivity index (χ4n) is 3.66. The Labute approximate surface area is 194 Å². The van der Waals surface area contributed by atoms with E-state index in [-0.39, 0.29) is 11.8 Å². The summed E-state index contributed by atoms with van der Waals surface area (Å²) < 4.78 is 21.2. The van der Waals surface area contributed by atoms with Crippen molar-refractivity contribution in [2.45, 2.75) is 6.92 Å². The third-order valence-electron chi connectivity index (χ3n) is 5.29. The van der Waals surface area contributed by atoms with Crippen molar-refractivity contribution in [3.05, 3.63) is 59.8 Å². The molecule has 2 amide bonds. The van der Waals surface area contributed by atoms with E-state index < -0.39 is 0 Å². The molecule has 1 aliphatic rings. The lowest BCUT2D eigenvalue weighted by molar-refractivity contribution is -0.120. The molecular weight excluding hydrogens is 424 g/mol. The highest BCUT2D eigenvalue weighted by Gasteiger charge is 2.42. The van der Waals surface area contributed by atoms with Crippen LogP contribution >= 0.6 is 0 Å². The summed E-state index contributed by atoms with van der Waals surface area (Å²) in [5, 5.41) is 0. The Kier molecular flexibility index (Phi) is 8.46.